The van der Waals surface area contributed by atoms with E-state index in [9.17, 15) is 13.2 Å². The zero-order chi connectivity index (χ0) is 14.9. The maximum Gasteiger partial charge on any atom is 0.251 e. The molecule has 0 radical (unpaired) electrons. The van der Waals surface area contributed by atoms with Crippen LogP contribution in [-0.4, -0.2) is 38.9 Å². The highest BCUT2D eigenvalue weighted by Crippen LogP contribution is 2.36. The second kappa shape index (κ2) is 5.65. The van der Waals surface area contributed by atoms with E-state index < -0.39 is 10.0 Å². The molecule has 1 N–H and O–H groups in total. The van der Waals surface area contributed by atoms with Gasteiger partial charge in [0.2, 0.25) is 10.0 Å². The summed E-state index contributed by atoms with van der Waals surface area (Å²) in [4.78, 5) is 12.9. The van der Waals surface area contributed by atoms with Gasteiger partial charge in [-0.15, -0.1) is 11.8 Å². The van der Waals surface area contributed by atoms with Gasteiger partial charge in [-0.2, -0.15) is 0 Å². The van der Waals surface area contributed by atoms with Gasteiger partial charge in [0.25, 0.3) is 5.91 Å². The highest BCUT2D eigenvalue weighted by atomic mass is 32.2. The molecule has 0 fully saturated rings. The first-order chi connectivity index (χ1) is 9.29. The Morgan fingerprint density at radius 1 is 1.40 bits per heavy atom. The number of amides is 1. The molecule has 1 heterocycles. The minimum atomic E-state index is -3.32. The number of benzene rings is 1. The SMILES string of the molecule is CC(C)NC(=O)c1ccc2c(c1)N(S(C)(=O)=O)CCS2. The van der Waals surface area contributed by atoms with E-state index >= 15 is 0 Å². The number of carbonyl (C=O) groups is 1. The van der Waals surface area contributed by atoms with Gasteiger partial charge in [0.1, 0.15) is 0 Å². The maximum absolute atomic E-state index is 12.0. The van der Waals surface area contributed by atoms with Crippen LogP contribution in [0.2, 0.25) is 0 Å². The quantitative estimate of drug-likeness (QED) is 0.922. The van der Waals surface area contributed by atoms with Gasteiger partial charge in [-0.05, 0) is 32.0 Å². The van der Waals surface area contributed by atoms with E-state index in [0.717, 1.165) is 10.6 Å². The fraction of sp³-hybridized carbons (Fsp3) is 0.462. The molecular weight excluding hydrogens is 296 g/mol. The molecule has 110 valence electrons. The molecule has 0 unspecified atom stereocenters. The second-order valence-corrected chi connectivity index (χ2v) is 8.04. The lowest BCUT2D eigenvalue weighted by Gasteiger charge is -2.29. The van der Waals surface area contributed by atoms with Crippen LogP contribution in [0.1, 0.15) is 24.2 Å². The molecule has 0 aliphatic carbocycles. The summed E-state index contributed by atoms with van der Waals surface area (Å²) in [5.74, 6) is 0.532. The number of fused-ring (bicyclic) bond motifs is 1. The molecule has 0 aromatic heterocycles. The Bertz CT molecular complexity index is 627. The molecule has 0 saturated heterocycles. The number of nitrogens with one attached hydrogen (secondary N) is 1. The van der Waals surface area contributed by atoms with Crippen molar-refractivity contribution in [1.29, 1.82) is 0 Å². The molecule has 1 aromatic rings. The van der Waals surface area contributed by atoms with Crippen LogP contribution < -0.4 is 9.62 Å². The van der Waals surface area contributed by atoms with E-state index in [-0.39, 0.29) is 11.9 Å². The van der Waals surface area contributed by atoms with Crippen LogP contribution in [0.3, 0.4) is 0 Å². The Kier molecular flexibility index (Phi) is 4.29. The lowest BCUT2D eigenvalue weighted by Crippen LogP contribution is -2.35. The van der Waals surface area contributed by atoms with Crippen molar-refractivity contribution in [3.05, 3.63) is 23.8 Å². The van der Waals surface area contributed by atoms with Crippen LogP contribution in [0.25, 0.3) is 0 Å². The number of hydrogen-bond acceptors (Lipinski definition) is 4. The topological polar surface area (TPSA) is 66.5 Å². The summed E-state index contributed by atoms with van der Waals surface area (Å²) in [6.07, 6.45) is 1.19. The van der Waals surface area contributed by atoms with Crippen LogP contribution in [0.15, 0.2) is 23.1 Å². The van der Waals surface area contributed by atoms with Crippen LogP contribution in [0, 0.1) is 0 Å². The number of sulfonamides is 1. The number of thioether (sulfide) groups is 1. The molecule has 2 rings (SSSR count). The predicted octanol–water partition coefficient (Wildman–Crippen LogP) is 1.70. The smallest absolute Gasteiger partial charge is 0.251 e. The van der Waals surface area contributed by atoms with Crippen molar-refractivity contribution in [1.82, 2.24) is 5.32 Å². The third-order valence-electron chi connectivity index (χ3n) is 2.86. The largest absolute Gasteiger partial charge is 0.350 e. The average Bonchev–Trinajstić information content (AvgIpc) is 2.35. The highest BCUT2D eigenvalue weighted by molar-refractivity contribution is 8.00. The maximum atomic E-state index is 12.0. The third kappa shape index (κ3) is 3.27. The van der Waals surface area contributed by atoms with Crippen molar-refractivity contribution >= 4 is 33.4 Å². The molecule has 0 saturated carbocycles. The van der Waals surface area contributed by atoms with Crippen molar-refractivity contribution in [3.63, 3.8) is 0 Å². The minimum Gasteiger partial charge on any atom is -0.350 e. The molecule has 1 aliphatic heterocycles. The van der Waals surface area contributed by atoms with Gasteiger partial charge in [0.05, 0.1) is 11.9 Å². The number of carbonyl (C=O) groups excluding carboxylic acids is 1. The Morgan fingerprint density at radius 2 is 2.10 bits per heavy atom. The summed E-state index contributed by atoms with van der Waals surface area (Å²) < 4.78 is 25.0. The standard InChI is InChI=1S/C13H18N2O3S2/c1-9(2)14-13(16)10-4-5-12-11(8-10)15(6-7-19-12)20(3,17)18/h4-5,8-9H,6-7H2,1-3H3,(H,14,16). The Balaban J connectivity index is 2.40. The second-order valence-electron chi connectivity index (χ2n) is 4.99. The molecule has 7 heteroatoms. The monoisotopic (exact) mass is 314 g/mol. The summed E-state index contributed by atoms with van der Waals surface area (Å²) in [5, 5.41) is 2.81. The lowest BCUT2D eigenvalue weighted by molar-refractivity contribution is 0.0943. The normalized spacial score (nSPS) is 15.1. The molecule has 1 aliphatic rings. The molecule has 1 amide bonds. The van der Waals surface area contributed by atoms with Gasteiger partial charge in [-0.25, -0.2) is 8.42 Å². The molecular formula is C13H18N2O3S2. The first kappa shape index (κ1) is 15.2. The average molecular weight is 314 g/mol. The van der Waals surface area contributed by atoms with Gasteiger partial charge in [-0.1, -0.05) is 0 Å². The number of nitrogens with zero attached hydrogens (tertiary/aromatic N) is 1. The fourth-order valence-electron chi connectivity index (χ4n) is 2.02. The summed E-state index contributed by atoms with van der Waals surface area (Å²) >= 11 is 1.61. The summed E-state index contributed by atoms with van der Waals surface area (Å²) in [7, 11) is -3.32. The summed E-state index contributed by atoms with van der Waals surface area (Å²) in [6.45, 7) is 4.20. The van der Waals surface area contributed by atoms with Crippen LogP contribution in [0.4, 0.5) is 5.69 Å². The van der Waals surface area contributed by atoms with Gasteiger partial charge in [0, 0.05) is 28.8 Å². The van der Waals surface area contributed by atoms with E-state index in [0.29, 0.717) is 17.8 Å². The molecule has 0 bridgehead atoms. The fourth-order valence-corrected chi connectivity index (χ4v) is 4.10. The van der Waals surface area contributed by atoms with Gasteiger partial charge in [-0.3, -0.25) is 9.10 Å². The first-order valence-corrected chi connectivity index (χ1v) is 9.18. The zero-order valence-corrected chi connectivity index (χ0v) is 13.3. The van der Waals surface area contributed by atoms with Gasteiger partial charge < -0.3 is 5.32 Å². The van der Waals surface area contributed by atoms with Crippen LogP contribution >= 0.6 is 11.8 Å². The molecule has 20 heavy (non-hydrogen) atoms. The van der Waals surface area contributed by atoms with Crippen molar-refractivity contribution in [3.8, 4) is 0 Å². The van der Waals surface area contributed by atoms with Crippen molar-refractivity contribution in [2.45, 2.75) is 24.8 Å². The van der Waals surface area contributed by atoms with Crippen molar-refractivity contribution < 1.29 is 13.2 Å². The molecule has 0 spiro atoms. The summed E-state index contributed by atoms with van der Waals surface area (Å²) in [6, 6.07) is 5.24. The zero-order valence-electron chi connectivity index (χ0n) is 11.7. The van der Waals surface area contributed by atoms with Crippen LogP contribution in [-0.2, 0) is 10.0 Å². The van der Waals surface area contributed by atoms with Gasteiger partial charge in [0.15, 0.2) is 0 Å². The summed E-state index contributed by atoms with van der Waals surface area (Å²) in [5.41, 5.74) is 1.08. The third-order valence-corrected chi connectivity index (χ3v) is 5.08. The van der Waals surface area contributed by atoms with E-state index in [4.69, 9.17) is 0 Å². The number of rotatable bonds is 3. The molecule has 5 nitrogen and oxygen atoms in total. The van der Waals surface area contributed by atoms with Crippen molar-refractivity contribution in [2.75, 3.05) is 22.9 Å². The minimum absolute atomic E-state index is 0.0407. The molecule has 1 aromatic carbocycles. The lowest BCUT2D eigenvalue weighted by atomic mass is 10.1. The highest BCUT2D eigenvalue weighted by Gasteiger charge is 2.25. The van der Waals surface area contributed by atoms with E-state index in [2.05, 4.69) is 5.32 Å². The van der Waals surface area contributed by atoms with Crippen LogP contribution in [0.5, 0.6) is 0 Å². The van der Waals surface area contributed by atoms with Gasteiger partial charge >= 0.3 is 0 Å². The predicted molar refractivity (Wildman–Crippen MR) is 82.0 cm³/mol. The Labute approximate surface area is 123 Å². The Morgan fingerprint density at radius 3 is 2.70 bits per heavy atom. The Hall–Kier alpha value is -1.21. The van der Waals surface area contributed by atoms with E-state index in [1.54, 1.807) is 23.9 Å². The number of hydrogen-bond donors (Lipinski definition) is 1. The number of anilines is 1. The first-order valence-electron chi connectivity index (χ1n) is 6.34. The van der Waals surface area contributed by atoms with E-state index in [1.807, 2.05) is 19.9 Å². The van der Waals surface area contributed by atoms with E-state index in [1.165, 1.54) is 10.6 Å². The van der Waals surface area contributed by atoms with Crippen molar-refractivity contribution in [2.24, 2.45) is 0 Å². The molecule has 0 atom stereocenters.